The van der Waals surface area contributed by atoms with Crippen molar-refractivity contribution >= 4 is 0 Å². The van der Waals surface area contributed by atoms with Gasteiger partial charge in [0.2, 0.25) is 0 Å². The maximum Gasteiger partial charge on any atom is 0.0758 e. The summed E-state index contributed by atoms with van der Waals surface area (Å²) < 4.78 is 0. The Morgan fingerprint density at radius 3 is 1.68 bits per heavy atom. The van der Waals surface area contributed by atoms with E-state index in [4.69, 9.17) is 0 Å². The topological polar surface area (TPSA) is 60.7 Å². The van der Waals surface area contributed by atoms with E-state index < -0.39 is 12.2 Å². The summed E-state index contributed by atoms with van der Waals surface area (Å²) in [6.07, 6.45) is 24.4. The first kappa shape index (κ1) is 23.3. The molecule has 0 bridgehead atoms. The van der Waals surface area contributed by atoms with Gasteiger partial charge in [0.15, 0.2) is 0 Å². The van der Waals surface area contributed by atoms with Gasteiger partial charge in [0.05, 0.1) is 18.3 Å². The van der Waals surface area contributed by atoms with Gasteiger partial charge in [-0.15, -0.1) is 0 Å². The fourth-order valence-corrected chi connectivity index (χ4v) is 1.95. The molecule has 140 valence electrons. The van der Waals surface area contributed by atoms with E-state index in [0.717, 1.165) is 19.3 Å². The quantitative estimate of drug-likeness (QED) is 0.342. The first-order chi connectivity index (χ1) is 12.1. The van der Waals surface area contributed by atoms with E-state index in [0.29, 0.717) is 12.8 Å². The van der Waals surface area contributed by atoms with Crippen LogP contribution in [0.2, 0.25) is 0 Å². The van der Waals surface area contributed by atoms with Gasteiger partial charge >= 0.3 is 0 Å². The molecule has 3 heteroatoms. The van der Waals surface area contributed by atoms with Crippen molar-refractivity contribution in [2.75, 3.05) is 0 Å². The van der Waals surface area contributed by atoms with Crippen LogP contribution in [0.3, 0.4) is 0 Å². The van der Waals surface area contributed by atoms with E-state index in [1.54, 1.807) is 30.4 Å². The molecule has 0 amide bonds. The third kappa shape index (κ3) is 16.9. The molecule has 0 aromatic carbocycles. The molecule has 0 aliphatic rings. The van der Waals surface area contributed by atoms with Gasteiger partial charge < -0.3 is 15.3 Å². The summed E-state index contributed by atoms with van der Waals surface area (Å²) in [6.45, 7) is 4.10. The Morgan fingerprint density at radius 1 is 0.600 bits per heavy atom. The van der Waals surface area contributed by atoms with Crippen molar-refractivity contribution in [3.8, 4) is 0 Å². The van der Waals surface area contributed by atoms with Crippen LogP contribution >= 0.6 is 0 Å². The van der Waals surface area contributed by atoms with Crippen molar-refractivity contribution in [3.05, 3.63) is 72.9 Å². The number of hydrogen-bond donors (Lipinski definition) is 3. The van der Waals surface area contributed by atoms with Crippen molar-refractivity contribution in [2.24, 2.45) is 0 Å². The molecule has 25 heavy (non-hydrogen) atoms. The van der Waals surface area contributed by atoms with E-state index in [-0.39, 0.29) is 6.10 Å². The van der Waals surface area contributed by atoms with Gasteiger partial charge in [-0.25, -0.2) is 0 Å². The largest absolute Gasteiger partial charge is 0.389 e. The maximum absolute atomic E-state index is 9.80. The van der Waals surface area contributed by atoms with E-state index in [1.807, 2.05) is 49.5 Å². The number of hydrogen-bond acceptors (Lipinski definition) is 3. The van der Waals surface area contributed by atoms with Crippen LogP contribution < -0.4 is 0 Å². The van der Waals surface area contributed by atoms with Crippen molar-refractivity contribution in [1.82, 2.24) is 0 Å². The summed E-state index contributed by atoms with van der Waals surface area (Å²) >= 11 is 0. The standard InChI is InChI=1S/C22H34O3/c1-3-5-9-15-21(24)18-12-8-13-19-22(25)17-11-7-6-10-16-20(23)14-4-2/h5-13,16-18,20-25H,3-4,14-15,19H2,1-2H3/b7-6+,9-5-,13-8-,16-10?,17-11+,18-12+/t20-,21-,22?/m0/s1. The van der Waals surface area contributed by atoms with Crippen molar-refractivity contribution in [3.63, 3.8) is 0 Å². The summed E-state index contributed by atoms with van der Waals surface area (Å²) in [5.74, 6) is 0. The van der Waals surface area contributed by atoms with E-state index in [2.05, 4.69) is 6.92 Å². The fourth-order valence-electron chi connectivity index (χ4n) is 1.95. The van der Waals surface area contributed by atoms with Crippen molar-refractivity contribution in [2.45, 2.75) is 64.3 Å². The molecule has 0 fully saturated rings. The van der Waals surface area contributed by atoms with Crippen LogP contribution in [-0.2, 0) is 0 Å². The fraction of sp³-hybridized carbons (Fsp3) is 0.455. The molecule has 0 radical (unpaired) electrons. The van der Waals surface area contributed by atoms with Crippen LogP contribution in [0.4, 0.5) is 0 Å². The highest BCUT2D eigenvalue weighted by Gasteiger charge is 1.95. The third-order valence-corrected chi connectivity index (χ3v) is 3.32. The monoisotopic (exact) mass is 346 g/mol. The van der Waals surface area contributed by atoms with Gasteiger partial charge in [-0.2, -0.15) is 0 Å². The first-order valence-corrected chi connectivity index (χ1v) is 9.14. The second kappa shape index (κ2) is 17.2. The molecule has 0 aliphatic heterocycles. The van der Waals surface area contributed by atoms with Crippen LogP contribution in [0.15, 0.2) is 72.9 Å². The zero-order chi connectivity index (χ0) is 18.8. The summed E-state index contributed by atoms with van der Waals surface area (Å²) in [5.41, 5.74) is 0. The third-order valence-electron chi connectivity index (χ3n) is 3.32. The Kier molecular flexibility index (Phi) is 16.0. The SMILES string of the molecule is CC/C=C\C[C@H](O)/C=C/C=C\CC(O)/C=C/C=C/C=C[C@@H](O)CCC. The zero-order valence-corrected chi connectivity index (χ0v) is 15.5. The normalized spacial score (nSPS) is 17.2. The van der Waals surface area contributed by atoms with Gasteiger partial charge in [0.25, 0.3) is 0 Å². The second-order valence-corrected chi connectivity index (χ2v) is 5.81. The Labute approximate surface area is 153 Å². The number of rotatable bonds is 13. The Morgan fingerprint density at radius 2 is 1.12 bits per heavy atom. The van der Waals surface area contributed by atoms with Crippen LogP contribution in [-0.4, -0.2) is 33.6 Å². The van der Waals surface area contributed by atoms with Crippen LogP contribution in [0.25, 0.3) is 0 Å². The van der Waals surface area contributed by atoms with Crippen LogP contribution in [0, 0.1) is 0 Å². The number of allylic oxidation sites excluding steroid dienone is 7. The lowest BCUT2D eigenvalue weighted by molar-refractivity contribution is 0.211. The van der Waals surface area contributed by atoms with Gasteiger partial charge in [0, 0.05) is 0 Å². The minimum absolute atomic E-state index is 0.386. The van der Waals surface area contributed by atoms with Crippen molar-refractivity contribution in [1.29, 1.82) is 0 Å². The molecule has 0 spiro atoms. The second-order valence-electron chi connectivity index (χ2n) is 5.81. The predicted octanol–water partition coefficient (Wildman–Crippen LogP) is 4.40. The molecule has 1 unspecified atom stereocenters. The molecule has 0 aliphatic carbocycles. The number of aliphatic hydroxyl groups excluding tert-OH is 3. The van der Waals surface area contributed by atoms with E-state index in [9.17, 15) is 15.3 Å². The summed E-state index contributed by atoms with van der Waals surface area (Å²) in [5, 5.41) is 29.0. The Balaban J connectivity index is 3.98. The van der Waals surface area contributed by atoms with Gasteiger partial charge in [-0.3, -0.25) is 0 Å². The molecule has 0 rings (SSSR count). The number of aliphatic hydroxyl groups is 3. The molecule has 0 heterocycles. The highest BCUT2D eigenvalue weighted by atomic mass is 16.3. The molecule has 0 aromatic rings. The Bertz CT molecular complexity index is 470. The molecule has 3 nitrogen and oxygen atoms in total. The van der Waals surface area contributed by atoms with Crippen LogP contribution in [0.5, 0.6) is 0 Å². The highest BCUT2D eigenvalue weighted by Crippen LogP contribution is 2.00. The summed E-state index contributed by atoms with van der Waals surface area (Å²) in [7, 11) is 0. The average Bonchev–Trinajstić information content (AvgIpc) is 2.58. The first-order valence-electron chi connectivity index (χ1n) is 9.14. The van der Waals surface area contributed by atoms with E-state index >= 15 is 0 Å². The lowest BCUT2D eigenvalue weighted by Gasteiger charge is -2.00. The summed E-state index contributed by atoms with van der Waals surface area (Å²) in [6, 6.07) is 0. The zero-order valence-electron chi connectivity index (χ0n) is 15.5. The predicted molar refractivity (Wildman–Crippen MR) is 107 cm³/mol. The van der Waals surface area contributed by atoms with Crippen molar-refractivity contribution < 1.29 is 15.3 Å². The summed E-state index contributed by atoms with van der Waals surface area (Å²) in [4.78, 5) is 0. The average molecular weight is 347 g/mol. The molecule has 0 saturated carbocycles. The van der Waals surface area contributed by atoms with Gasteiger partial charge in [-0.05, 0) is 25.7 Å². The van der Waals surface area contributed by atoms with Gasteiger partial charge in [-0.1, -0.05) is 93.2 Å². The van der Waals surface area contributed by atoms with E-state index in [1.165, 1.54) is 0 Å². The molecule has 0 aromatic heterocycles. The minimum atomic E-state index is -0.540. The highest BCUT2D eigenvalue weighted by molar-refractivity contribution is 5.14. The molecular formula is C22H34O3. The maximum atomic E-state index is 9.80. The lowest BCUT2D eigenvalue weighted by Crippen LogP contribution is -1.99. The van der Waals surface area contributed by atoms with Gasteiger partial charge in [0.1, 0.15) is 0 Å². The molecule has 3 atom stereocenters. The lowest BCUT2D eigenvalue weighted by atomic mass is 10.2. The molecule has 3 N–H and O–H groups in total. The van der Waals surface area contributed by atoms with Crippen LogP contribution in [0.1, 0.15) is 46.0 Å². The minimum Gasteiger partial charge on any atom is -0.389 e. The Hall–Kier alpha value is -1.68. The smallest absolute Gasteiger partial charge is 0.0758 e. The molecular weight excluding hydrogens is 312 g/mol. The molecule has 0 saturated heterocycles.